The Bertz CT molecular complexity index is 640. The van der Waals surface area contributed by atoms with Crippen LogP contribution < -0.4 is 0 Å². The van der Waals surface area contributed by atoms with Crippen LogP contribution >= 0.6 is 0 Å². The third-order valence-corrected chi connectivity index (χ3v) is 3.76. The summed E-state index contributed by atoms with van der Waals surface area (Å²) in [7, 11) is 0. The van der Waals surface area contributed by atoms with Gasteiger partial charge in [0, 0.05) is 16.7 Å². The molecular formula is C20H27N. The Hall–Kier alpha value is -1.63. The summed E-state index contributed by atoms with van der Waals surface area (Å²) in [5.74, 6) is 0. The summed E-state index contributed by atoms with van der Waals surface area (Å²) in [6.07, 6.45) is 0. The van der Waals surface area contributed by atoms with Crippen molar-refractivity contribution in [3.8, 4) is 11.3 Å². The van der Waals surface area contributed by atoms with Gasteiger partial charge in [0.05, 0.1) is 5.69 Å². The number of hydrogen-bond donors (Lipinski definition) is 0. The first-order valence-electron chi connectivity index (χ1n) is 7.68. The topological polar surface area (TPSA) is 12.9 Å². The molecule has 0 aliphatic heterocycles. The van der Waals surface area contributed by atoms with Gasteiger partial charge in [-0.05, 0) is 30.0 Å². The first-order chi connectivity index (χ1) is 9.59. The van der Waals surface area contributed by atoms with Crippen molar-refractivity contribution in [2.24, 2.45) is 0 Å². The van der Waals surface area contributed by atoms with Crippen molar-refractivity contribution in [1.82, 2.24) is 4.98 Å². The lowest BCUT2D eigenvalue weighted by atomic mass is 9.82. The van der Waals surface area contributed by atoms with Crippen molar-refractivity contribution in [2.75, 3.05) is 0 Å². The fourth-order valence-electron chi connectivity index (χ4n) is 2.49. The second kappa shape index (κ2) is 5.29. The molecule has 0 atom stereocenters. The second-order valence-electron chi connectivity index (χ2n) is 7.96. The number of nitrogens with zero attached hydrogens (tertiary/aromatic N) is 1. The summed E-state index contributed by atoms with van der Waals surface area (Å²) >= 11 is 0. The van der Waals surface area contributed by atoms with Crippen molar-refractivity contribution >= 4 is 0 Å². The minimum Gasteiger partial charge on any atom is -0.252 e. The van der Waals surface area contributed by atoms with E-state index in [4.69, 9.17) is 4.98 Å². The molecule has 0 aliphatic rings. The van der Waals surface area contributed by atoms with Gasteiger partial charge in [0.15, 0.2) is 0 Å². The molecule has 0 spiro atoms. The molecule has 1 heterocycles. The second-order valence-corrected chi connectivity index (χ2v) is 7.96. The van der Waals surface area contributed by atoms with E-state index in [1.54, 1.807) is 0 Å². The van der Waals surface area contributed by atoms with Gasteiger partial charge in [-0.15, -0.1) is 0 Å². The van der Waals surface area contributed by atoms with E-state index in [0.29, 0.717) is 0 Å². The van der Waals surface area contributed by atoms with E-state index >= 15 is 0 Å². The molecule has 2 rings (SSSR count). The molecule has 0 N–H and O–H groups in total. The first-order valence-corrected chi connectivity index (χ1v) is 7.68. The monoisotopic (exact) mass is 281 g/mol. The van der Waals surface area contributed by atoms with Crippen molar-refractivity contribution in [2.45, 2.75) is 59.3 Å². The van der Waals surface area contributed by atoms with E-state index in [1.807, 2.05) is 0 Å². The zero-order valence-corrected chi connectivity index (χ0v) is 14.4. The molecule has 0 fully saturated rings. The summed E-state index contributed by atoms with van der Waals surface area (Å²) < 4.78 is 0. The van der Waals surface area contributed by atoms with Crippen LogP contribution in [0.25, 0.3) is 11.3 Å². The van der Waals surface area contributed by atoms with Gasteiger partial charge in [0.1, 0.15) is 0 Å². The molecule has 1 aromatic carbocycles. The molecule has 112 valence electrons. The molecule has 1 nitrogen and oxygen atoms in total. The van der Waals surface area contributed by atoms with Crippen LogP contribution in [0, 0.1) is 6.92 Å². The highest BCUT2D eigenvalue weighted by atomic mass is 14.7. The molecule has 1 heteroatoms. The van der Waals surface area contributed by atoms with Crippen LogP contribution in [-0.4, -0.2) is 4.98 Å². The average molecular weight is 281 g/mol. The van der Waals surface area contributed by atoms with Crippen molar-refractivity contribution < 1.29 is 0 Å². The van der Waals surface area contributed by atoms with Crippen molar-refractivity contribution in [3.05, 3.63) is 53.2 Å². The number of hydrogen-bond acceptors (Lipinski definition) is 1. The maximum absolute atomic E-state index is 5.02. The predicted octanol–water partition coefficient (Wildman–Crippen LogP) is 5.65. The van der Waals surface area contributed by atoms with Crippen LogP contribution in [0.2, 0.25) is 0 Å². The number of rotatable bonds is 1. The number of aryl methyl sites for hydroxylation is 1. The molecule has 0 aliphatic carbocycles. The van der Waals surface area contributed by atoms with E-state index in [1.165, 1.54) is 16.7 Å². The fourth-order valence-corrected chi connectivity index (χ4v) is 2.49. The molecule has 2 aromatic rings. The van der Waals surface area contributed by atoms with Crippen LogP contribution in [0.5, 0.6) is 0 Å². The zero-order valence-electron chi connectivity index (χ0n) is 14.4. The van der Waals surface area contributed by atoms with Gasteiger partial charge in [0.25, 0.3) is 0 Å². The fraction of sp³-hybridized carbons (Fsp3) is 0.450. The lowest BCUT2D eigenvalue weighted by Gasteiger charge is -2.26. The van der Waals surface area contributed by atoms with Crippen LogP contribution in [0.3, 0.4) is 0 Å². The van der Waals surface area contributed by atoms with Gasteiger partial charge in [-0.1, -0.05) is 71.4 Å². The summed E-state index contributed by atoms with van der Waals surface area (Å²) in [5.41, 5.74) is 6.21. The standard InChI is InChI=1S/C20H27N/c1-14-9-8-10-15(13-14)18-16(19(2,3)4)11-12-17(21-18)20(5,6)7/h8-13H,1-7H3. The smallest absolute Gasteiger partial charge is 0.0742 e. The number of pyridine rings is 1. The van der Waals surface area contributed by atoms with Crippen molar-refractivity contribution in [1.29, 1.82) is 0 Å². The van der Waals surface area contributed by atoms with E-state index in [-0.39, 0.29) is 10.8 Å². The van der Waals surface area contributed by atoms with Crippen LogP contribution in [0.15, 0.2) is 36.4 Å². The molecule has 0 radical (unpaired) electrons. The van der Waals surface area contributed by atoms with Gasteiger partial charge < -0.3 is 0 Å². The summed E-state index contributed by atoms with van der Waals surface area (Å²) in [6.45, 7) is 15.5. The molecule has 0 bridgehead atoms. The highest BCUT2D eigenvalue weighted by molar-refractivity contribution is 5.65. The molecule has 0 unspecified atom stereocenters. The molecule has 0 saturated carbocycles. The Morgan fingerprint density at radius 3 is 2.00 bits per heavy atom. The Kier molecular flexibility index (Phi) is 3.97. The Morgan fingerprint density at radius 1 is 0.810 bits per heavy atom. The summed E-state index contributed by atoms with van der Waals surface area (Å²) in [4.78, 5) is 5.02. The molecule has 0 saturated heterocycles. The van der Waals surface area contributed by atoms with Gasteiger partial charge in [-0.2, -0.15) is 0 Å². The van der Waals surface area contributed by atoms with Crippen LogP contribution in [0.4, 0.5) is 0 Å². The number of aromatic nitrogens is 1. The molecule has 21 heavy (non-hydrogen) atoms. The van der Waals surface area contributed by atoms with E-state index in [9.17, 15) is 0 Å². The highest BCUT2D eigenvalue weighted by Crippen LogP contribution is 2.34. The minimum absolute atomic E-state index is 0.0645. The summed E-state index contributed by atoms with van der Waals surface area (Å²) in [6, 6.07) is 13.1. The zero-order chi connectivity index (χ0) is 15.8. The highest BCUT2D eigenvalue weighted by Gasteiger charge is 2.23. The third-order valence-electron chi connectivity index (χ3n) is 3.76. The quantitative estimate of drug-likeness (QED) is 0.658. The lowest BCUT2D eigenvalue weighted by molar-refractivity contribution is 0.558. The average Bonchev–Trinajstić information content (AvgIpc) is 2.36. The molecule has 0 amide bonds. The molecule has 1 aromatic heterocycles. The summed E-state index contributed by atoms with van der Waals surface area (Å²) in [5, 5.41) is 0. The largest absolute Gasteiger partial charge is 0.252 e. The Morgan fingerprint density at radius 2 is 1.48 bits per heavy atom. The van der Waals surface area contributed by atoms with Gasteiger partial charge in [0.2, 0.25) is 0 Å². The van der Waals surface area contributed by atoms with Gasteiger partial charge >= 0.3 is 0 Å². The third kappa shape index (κ3) is 3.53. The normalized spacial score (nSPS) is 12.5. The number of benzene rings is 1. The van der Waals surface area contributed by atoms with Crippen LogP contribution in [0.1, 0.15) is 58.4 Å². The van der Waals surface area contributed by atoms with E-state index in [2.05, 4.69) is 84.9 Å². The minimum atomic E-state index is 0.0645. The maximum atomic E-state index is 5.02. The molecular weight excluding hydrogens is 254 g/mol. The van der Waals surface area contributed by atoms with Crippen molar-refractivity contribution in [3.63, 3.8) is 0 Å². The SMILES string of the molecule is Cc1cccc(-c2nc(C(C)(C)C)ccc2C(C)(C)C)c1. The van der Waals surface area contributed by atoms with E-state index < -0.39 is 0 Å². The van der Waals surface area contributed by atoms with Gasteiger partial charge in [-0.3, -0.25) is 4.98 Å². The van der Waals surface area contributed by atoms with Gasteiger partial charge in [-0.25, -0.2) is 0 Å². The lowest BCUT2D eigenvalue weighted by Crippen LogP contribution is -2.18. The maximum Gasteiger partial charge on any atom is 0.0742 e. The van der Waals surface area contributed by atoms with E-state index in [0.717, 1.165) is 11.4 Å². The van der Waals surface area contributed by atoms with Crippen LogP contribution in [-0.2, 0) is 10.8 Å². The Balaban J connectivity index is 2.70. The Labute approximate surface area is 129 Å². The predicted molar refractivity (Wildman–Crippen MR) is 91.8 cm³/mol. The first kappa shape index (κ1) is 15.8.